The number of benzene rings is 1. The van der Waals surface area contributed by atoms with Crippen molar-refractivity contribution in [3.8, 4) is 0 Å². The molecular formula is C17H15N3O3. The average Bonchev–Trinajstić information content (AvgIpc) is 2.99. The quantitative estimate of drug-likeness (QED) is 0.774. The van der Waals surface area contributed by atoms with E-state index in [1.54, 1.807) is 18.3 Å². The third-order valence-electron chi connectivity index (χ3n) is 3.56. The molecule has 3 aromatic rings. The molecule has 1 amide bonds. The molecule has 0 aliphatic heterocycles. The molecule has 3 rings (SSSR count). The average molecular weight is 309 g/mol. The van der Waals surface area contributed by atoms with Crippen LogP contribution >= 0.6 is 0 Å². The third-order valence-corrected chi connectivity index (χ3v) is 3.56. The SMILES string of the molecule is Cc1cccn2cc(C(=O)NCc3ccc(C(=O)O)cc3)nc12. The van der Waals surface area contributed by atoms with E-state index in [-0.39, 0.29) is 11.5 Å². The molecule has 0 bridgehead atoms. The van der Waals surface area contributed by atoms with Gasteiger partial charge < -0.3 is 14.8 Å². The number of aromatic carboxylic acids is 1. The van der Waals surface area contributed by atoms with Crippen LogP contribution < -0.4 is 5.32 Å². The Morgan fingerprint density at radius 1 is 1.22 bits per heavy atom. The minimum atomic E-state index is -0.972. The Labute approximate surface area is 132 Å². The van der Waals surface area contributed by atoms with E-state index in [4.69, 9.17) is 5.11 Å². The molecule has 6 nitrogen and oxygen atoms in total. The number of hydrogen-bond donors (Lipinski definition) is 2. The number of nitrogens with one attached hydrogen (secondary N) is 1. The summed E-state index contributed by atoms with van der Waals surface area (Å²) in [5, 5.41) is 11.6. The van der Waals surface area contributed by atoms with E-state index in [0.717, 1.165) is 16.8 Å². The normalized spacial score (nSPS) is 10.7. The first-order valence-corrected chi connectivity index (χ1v) is 7.09. The number of nitrogens with zero attached hydrogens (tertiary/aromatic N) is 2. The van der Waals surface area contributed by atoms with Crippen molar-refractivity contribution in [2.75, 3.05) is 0 Å². The summed E-state index contributed by atoms with van der Waals surface area (Å²) in [4.78, 5) is 27.3. The number of imidazole rings is 1. The fraction of sp³-hybridized carbons (Fsp3) is 0.118. The van der Waals surface area contributed by atoms with Crippen LogP contribution in [-0.4, -0.2) is 26.4 Å². The minimum Gasteiger partial charge on any atom is -0.478 e. The number of carbonyl (C=O) groups excluding carboxylic acids is 1. The van der Waals surface area contributed by atoms with Crippen LogP contribution in [0.15, 0.2) is 48.8 Å². The zero-order valence-electron chi connectivity index (χ0n) is 12.5. The molecule has 2 heterocycles. The van der Waals surface area contributed by atoms with Gasteiger partial charge in [0.1, 0.15) is 11.3 Å². The van der Waals surface area contributed by atoms with Crippen molar-refractivity contribution in [3.63, 3.8) is 0 Å². The van der Waals surface area contributed by atoms with Gasteiger partial charge in [-0.15, -0.1) is 0 Å². The minimum absolute atomic E-state index is 0.218. The molecule has 0 atom stereocenters. The number of aryl methyl sites for hydroxylation is 1. The smallest absolute Gasteiger partial charge is 0.335 e. The molecule has 0 aliphatic rings. The number of hydrogen-bond acceptors (Lipinski definition) is 3. The van der Waals surface area contributed by atoms with Gasteiger partial charge in [-0.2, -0.15) is 0 Å². The molecule has 0 saturated heterocycles. The molecule has 0 unspecified atom stereocenters. The first-order chi connectivity index (χ1) is 11.0. The van der Waals surface area contributed by atoms with E-state index >= 15 is 0 Å². The lowest BCUT2D eigenvalue weighted by Crippen LogP contribution is -2.23. The Kier molecular flexibility index (Phi) is 3.80. The summed E-state index contributed by atoms with van der Waals surface area (Å²) in [6.07, 6.45) is 3.53. The maximum Gasteiger partial charge on any atom is 0.335 e. The molecule has 1 aromatic carbocycles. The second kappa shape index (κ2) is 5.92. The fourth-order valence-electron chi connectivity index (χ4n) is 2.30. The van der Waals surface area contributed by atoms with Crippen LogP contribution in [0.2, 0.25) is 0 Å². The monoisotopic (exact) mass is 309 g/mol. The van der Waals surface area contributed by atoms with E-state index < -0.39 is 5.97 Å². The molecule has 116 valence electrons. The van der Waals surface area contributed by atoms with Crippen molar-refractivity contribution in [2.45, 2.75) is 13.5 Å². The van der Waals surface area contributed by atoms with Gasteiger partial charge in [0.2, 0.25) is 0 Å². The lowest BCUT2D eigenvalue weighted by molar-refractivity contribution is 0.0696. The highest BCUT2D eigenvalue weighted by molar-refractivity contribution is 5.93. The summed E-state index contributed by atoms with van der Waals surface area (Å²) in [5.41, 5.74) is 3.14. The summed E-state index contributed by atoms with van der Waals surface area (Å²) in [7, 11) is 0. The fourth-order valence-corrected chi connectivity index (χ4v) is 2.30. The lowest BCUT2D eigenvalue weighted by atomic mass is 10.1. The summed E-state index contributed by atoms with van der Waals surface area (Å²) >= 11 is 0. The van der Waals surface area contributed by atoms with E-state index in [9.17, 15) is 9.59 Å². The largest absolute Gasteiger partial charge is 0.478 e. The van der Waals surface area contributed by atoms with Crippen LogP contribution in [-0.2, 0) is 6.54 Å². The van der Waals surface area contributed by atoms with Gasteiger partial charge in [-0.3, -0.25) is 4.79 Å². The molecular weight excluding hydrogens is 294 g/mol. The number of carboxylic acids is 1. The van der Waals surface area contributed by atoms with Crippen molar-refractivity contribution in [1.82, 2.24) is 14.7 Å². The molecule has 0 saturated carbocycles. The molecule has 23 heavy (non-hydrogen) atoms. The van der Waals surface area contributed by atoms with E-state index in [2.05, 4.69) is 10.3 Å². The molecule has 0 radical (unpaired) electrons. The van der Waals surface area contributed by atoms with Crippen LogP contribution in [0.3, 0.4) is 0 Å². The number of carboxylic acid groups (broad SMARTS) is 1. The van der Waals surface area contributed by atoms with Gasteiger partial charge in [-0.25, -0.2) is 9.78 Å². The Morgan fingerprint density at radius 2 is 1.96 bits per heavy atom. The second-order valence-electron chi connectivity index (χ2n) is 5.23. The highest BCUT2D eigenvalue weighted by Crippen LogP contribution is 2.10. The molecule has 0 fully saturated rings. The molecule has 6 heteroatoms. The first-order valence-electron chi connectivity index (χ1n) is 7.09. The maximum atomic E-state index is 12.2. The van der Waals surface area contributed by atoms with Crippen LogP contribution in [0.25, 0.3) is 5.65 Å². The van der Waals surface area contributed by atoms with Gasteiger partial charge in [0.05, 0.1) is 5.56 Å². The zero-order chi connectivity index (χ0) is 16.4. The summed E-state index contributed by atoms with van der Waals surface area (Å²) < 4.78 is 1.81. The topological polar surface area (TPSA) is 83.7 Å². The number of rotatable bonds is 4. The predicted molar refractivity (Wildman–Crippen MR) is 84.5 cm³/mol. The summed E-state index contributed by atoms with van der Waals surface area (Å²) in [6.45, 7) is 2.25. The Morgan fingerprint density at radius 3 is 2.61 bits per heavy atom. The van der Waals surface area contributed by atoms with Gasteiger partial charge in [0.25, 0.3) is 5.91 Å². The number of carbonyl (C=O) groups is 2. The first kappa shape index (κ1) is 14.8. The Bertz CT molecular complexity index is 882. The van der Waals surface area contributed by atoms with Gasteiger partial charge in [0.15, 0.2) is 0 Å². The number of pyridine rings is 1. The summed E-state index contributed by atoms with van der Waals surface area (Å²) in [6, 6.07) is 10.2. The van der Waals surface area contributed by atoms with E-state index in [1.165, 1.54) is 12.1 Å². The second-order valence-corrected chi connectivity index (χ2v) is 5.23. The number of fused-ring (bicyclic) bond motifs is 1. The maximum absolute atomic E-state index is 12.2. The van der Waals surface area contributed by atoms with E-state index in [1.807, 2.05) is 29.7 Å². The predicted octanol–water partition coefficient (Wildman–Crippen LogP) is 2.27. The Balaban J connectivity index is 1.70. The number of amides is 1. The number of aromatic nitrogens is 2. The van der Waals surface area contributed by atoms with Crippen molar-refractivity contribution in [3.05, 3.63) is 71.2 Å². The van der Waals surface area contributed by atoms with Gasteiger partial charge >= 0.3 is 5.97 Å². The van der Waals surface area contributed by atoms with Crippen LogP contribution in [0.1, 0.15) is 32.0 Å². The third kappa shape index (κ3) is 3.06. The molecule has 0 aliphatic carbocycles. The van der Waals surface area contributed by atoms with Crippen molar-refractivity contribution in [2.24, 2.45) is 0 Å². The molecule has 2 aromatic heterocycles. The van der Waals surface area contributed by atoms with Gasteiger partial charge in [-0.1, -0.05) is 18.2 Å². The van der Waals surface area contributed by atoms with Crippen molar-refractivity contribution in [1.29, 1.82) is 0 Å². The highest BCUT2D eigenvalue weighted by Gasteiger charge is 2.11. The van der Waals surface area contributed by atoms with Crippen molar-refractivity contribution < 1.29 is 14.7 Å². The van der Waals surface area contributed by atoms with Crippen LogP contribution in [0, 0.1) is 6.92 Å². The lowest BCUT2D eigenvalue weighted by Gasteiger charge is -2.03. The van der Waals surface area contributed by atoms with Crippen LogP contribution in [0.5, 0.6) is 0 Å². The molecule has 0 spiro atoms. The standard InChI is InChI=1S/C17H15N3O3/c1-11-3-2-8-20-10-14(19-15(11)20)16(21)18-9-12-4-6-13(7-5-12)17(22)23/h2-8,10H,9H2,1H3,(H,18,21)(H,22,23). The highest BCUT2D eigenvalue weighted by atomic mass is 16.4. The zero-order valence-corrected chi connectivity index (χ0v) is 12.5. The summed E-state index contributed by atoms with van der Waals surface area (Å²) in [5.74, 6) is -1.24. The van der Waals surface area contributed by atoms with E-state index in [0.29, 0.717) is 12.2 Å². The molecule has 2 N–H and O–H groups in total. The van der Waals surface area contributed by atoms with Crippen molar-refractivity contribution >= 4 is 17.5 Å². The Hall–Kier alpha value is -3.15. The van der Waals surface area contributed by atoms with Crippen LogP contribution in [0.4, 0.5) is 0 Å². The van der Waals surface area contributed by atoms with Gasteiger partial charge in [-0.05, 0) is 36.2 Å². The van der Waals surface area contributed by atoms with Gasteiger partial charge in [0, 0.05) is 18.9 Å².